The van der Waals surface area contributed by atoms with E-state index in [0.717, 1.165) is 37.0 Å². The first kappa shape index (κ1) is 16.7. The zero-order valence-electron chi connectivity index (χ0n) is 14.1. The molecule has 1 aromatic rings. The van der Waals surface area contributed by atoms with Crippen LogP contribution in [0.2, 0.25) is 0 Å². The molecule has 2 N–H and O–H groups in total. The summed E-state index contributed by atoms with van der Waals surface area (Å²) in [5, 5.41) is 5.27. The molecule has 1 fully saturated rings. The zero-order valence-corrected chi connectivity index (χ0v) is 14.9. The summed E-state index contributed by atoms with van der Waals surface area (Å²) in [6.07, 6.45) is 3.52. The van der Waals surface area contributed by atoms with Crippen molar-refractivity contribution in [3.05, 3.63) is 18.0 Å². The van der Waals surface area contributed by atoms with Gasteiger partial charge in [0.25, 0.3) is 11.8 Å². The highest BCUT2D eigenvalue weighted by Crippen LogP contribution is 2.31. The van der Waals surface area contributed by atoms with Crippen molar-refractivity contribution in [2.45, 2.75) is 5.03 Å². The summed E-state index contributed by atoms with van der Waals surface area (Å²) < 4.78 is 8.62. The van der Waals surface area contributed by atoms with Crippen molar-refractivity contribution >= 4 is 27.8 Å². The standard InChI is InChI=1S/C15H22N6O2S/c1-16-14(22)11-4-9-24(19-11)12-10-17-13(15(18-12)23-3)21-7-5-20(2)6-8-21/h4,9-10,19H,5-8H2,1-3H3,(H,16,22). The molecular formula is C15H22N6O2S. The van der Waals surface area contributed by atoms with Gasteiger partial charge in [-0.25, -0.2) is 9.97 Å². The van der Waals surface area contributed by atoms with Crippen LogP contribution in [0.4, 0.5) is 5.82 Å². The van der Waals surface area contributed by atoms with Gasteiger partial charge < -0.3 is 24.6 Å². The molecule has 3 heterocycles. The average molecular weight is 350 g/mol. The van der Waals surface area contributed by atoms with E-state index >= 15 is 0 Å². The molecule has 2 aliphatic heterocycles. The van der Waals surface area contributed by atoms with E-state index in [0.29, 0.717) is 11.6 Å². The minimum absolute atomic E-state index is 0.143. The van der Waals surface area contributed by atoms with Crippen LogP contribution in [-0.4, -0.2) is 73.5 Å². The number of carbonyl (C=O) groups is 1. The highest BCUT2D eigenvalue weighted by molar-refractivity contribution is 8.13. The Morgan fingerprint density at radius 1 is 1.38 bits per heavy atom. The number of allylic oxidation sites excluding steroid dienone is 1. The van der Waals surface area contributed by atoms with Crippen molar-refractivity contribution in [1.29, 1.82) is 0 Å². The van der Waals surface area contributed by atoms with Crippen LogP contribution in [0.1, 0.15) is 0 Å². The number of carbonyl (C=O) groups excluding carboxylic acids is 1. The summed E-state index contributed by atoms with van der Waals surface area (Å²) in [7, 11) is 4.85. The van der Waals surface area contributed by atoms with Gasteiger partial charge in [0.2, 0.25) is 0 Å². The van der Waals surface area contributed by atoms with E-state index in [2.05, 4.69) is 36.9 Å². The Hall–Kier alpha value is -2.13. The summed E-state index contributed by atoms with van der Waals surface area (Å²) >= 11 is 0. The SMILES string of the molecule is CNC(=O)C1=CC=S(c2cnc(N3CCN(C)CC3)c(OC)n2)N1. The number of nitrogens with one attached hydrogen (secondary N) is 2. The Kier molecular flexibility index (Phi) is 5.00. The van der Waals surface area contributed by atoms with Crippen LogP contribution in [0, 0.1) is 0 Å². The second-order valence-electron chi connectivity index (χ2n) is 5.57. The van der Waals surface area contributed by atoms with Gasteiger partial charge in [0.1, 0.15) is 10.7 Å². The number of likely N-dealkylation sites (N-methyl/N-ethyl adjacent to an activating group) is 2. The topological polar surface area (TPSA) is 82.6 Å². The molecule has 0 saturated carbocycles. The molecule has 1 saturated heterocycles. The molecule has 0 spiro atoms. The highest BCUT2D eigenvalue weighted by Gasteiger charge is 2.22. The lowest BCUT2D eigenvalue weighted by atomic mass is 10.3. The second-order valence-corrected chi connectivity index (χ2v) is 7.14. The molecule has 130 valence electrons. The van der Waals surface area contributed by atoms with Crippen LogP contribution in [0.5, 0.6) is 5.88 Å². The minimum Gasteiger partial charge on any atom is -0.478 e. The minimum atomic E-state index is -0.483. The predicted molar refractivity (Wildman–Crippen MR) is 95.5 cm³/mol. The lowest BCUT2D eigenvalue weighted by Crippen LogP contribution is -2.45. The van der Waals surface area contributed by atoms with E-state index in [9.17, 15) is 4.79 Å². The summed E-state index contributed by atoms with van der Waals surface area (Å²) in [6, 6.07) is 0. The number of aromatic nitrogens is 2. The summed E-state index contributed by atoms with van der Waals surface area (Å²) in [5.74, 6) is 1.15. The first-order chi connectivity index (χ1) is 11.6. The van der Waals surface area contributed by atoms with Crippen molar-refractivity contribution in [1.82, 2.24) is 24.9 Å². The van der Waals surface area contributed by atoms with E-state index < -0.39 is 10.7 Å². The molecule has 0 radical (unpaired) electrons. The third-order valence-corrected chi connectivity index (χ3v) is 5.48. The Balaban J connectivity index is 1.77. The van der Waals surface area contributed by atoms with Crippen molar-refractivity contribution in [3.63, 3.8) is 0 Å². The first-order valence-corrected chi connectivity index (χ1v) is 9.02. The Morgan fingerprint density at radius 3 is 2.79 bits per heavy atom. The number of anilines is 1. The van der Waals surface area contributed by atoms with Crippen LogP contribution in [0.15, 0.2) is 23.0 Å². The maximum Gasteiger partial charge on any atom is 0.267 e. The number of rotatable bonds is 4. The predicted octanol–water partition coefficient (Wildman–Crippen LogP) is -0.185. The zero-order chi connectivity index (χ0) is 17.1. The average Bonchev–Trinajstić information content (AvgIpc) is 3.11. The van der Waals surface area contributed by atoms with Crippen LogP contribution >= 0.6 is 10.7 Å². The molecule has 1 aromatic heterocycles. The maximum atomic E-state index is 11.7. The van der Waals surface area contributed by atoms with Crippen molar-refractivity contribution < 1.29 is 9.53 Å². The van der Waals surface area contributed by atoms with Gasteiger partial charge in [-0.1, -0.05) is 0 Å². The van der Waals surface area contributed by atoms with Crippen LogP contribution < -0.4 is 19.7 Å². The molecule has 0 aliphatic carbocycles. The Bertz CT molecular complexity index is 697. The fourth-order valence-corrected chi connectivity index (χ4v) is 3.86. The van der Waals surface area contributed by atoms with Crippen LogP contribution in [0.3, 0.4) is 0 Å². The fraction of sp³-hybridized carbons (Fsp3) is 0.467. The molecule has 0 bridgehead atoms. The Morgan fingerprint density at radius 2 is 2.12 bits per heavy atom. The number of amides is 1. The van der Waals surface area contributed by atoms with Crippen molar-refractivity contribution in [2.75, 3.05) is 52.3 Å². The second kappa shape index (κ2) is 7.18. The normalized spacial score (nSPS) is 20.9. The molecule has 9 heteroatoms. The van der Waals surface area contributed by atoms with E-state index in [-0.39, 0.29) is 5.91 Å². The van der Waals surface area contributed by atoms with E-state index in [1.807, 2.05) is 5.37 Å². The first-order valence-electron chi connectivity index (χ1n) is 7.74. The number of ether oxygens (including phenoxy) is 1. The number of nitrogens with zero attached hydrogens (tertiary/aromatic N) is 4. The van der Waals surface area contributed by atoms with E-state index in [1.165, 1.54) is 0 Å². The molecule has 8 nitrogen and oxygen atoms in total. The van der Waals surface area contributed by atoms with E-state index in [1.54, 1.807) is 26.4 Å². The monoisotopic (exact) mass is 350 g/mol. The number of piperazine rings is 1. The van der Waals surface area contributed by atoms with Crippen LogP contribution in [0.25, 0.3) is 0 Å². The van der Waals surface area contributed by atoms with Gasteiger partial charge in [-0.15, -0.1) is 0 Å². The smallest absolute Gasteiger partial charge is 0.267 e. The number of methoxy groups -OCH3 is 1. The largest absolute Gasteiger partial charge is 0.478 e. The van der Waals surface area contributed by atoms with Crippen LogP contribution in [-0.2, 0) is 4.79 Å². The van der Waals surface area contributed by atoms with Gasteiger partial charge in [0.05, 0.1) is 13.3 Å². The third kappa shape index (κ3) is 3.36. The van der Waals surface area contributed by atoms with Gasteiger partial charge in [-0.05, 0) is 29.2 Å². The molecule has 0 aromatic carbocycles. The molecule has 1 atom stereocenters. The van der Waals surface area contributed by atoms with Gasteiger partial charge in [0, 0.05) is 33.2 Å². The molecule has 2 aliphatic rings. The van der Waals surface area contributed by atoms with Gasteiger partial charge in [-0.3, -0.25) is 4.79 Å². The van der Waals surface area contributed by atoms with Crippen molar-refractivity contribution in [3.8, 4) is 5.88 Å². The molecule has 1 amide bonds. The lowest BCUT2D eigenvalue weighted by Gasteiger charge is -2.33. The van der Waals surface area contributed by atoms with Gasteiger partial charge in [0.15, 0.2) is 5.82 Å². The van der Waals surface area contributed by atoms with E-state index in [4.69, 9.17) is 4.74 Å². The Labute approximate surface area is 144 Å². The molecule has 24 heavy (non-hydrogen) atoms. The quantitative estimate of drug-likeness (QED) is 0.729. The highest BCUT2D eigenvalue weighted by atomic mass is 32.2. The molecule has 1 unspecified atom stereocenters. The molecule has 3 rings (SSSR count). The third-order valence-electron chi connectivity index (χ3n) is 3.98. The fourth-order valence-electron chi connectivity index (χ4n) is 2.53. The number of hydrogen-bond donors (Lipinski definition) is 2. The summed E-state index contributed by atoms with van der Waals surface area (Å²) in [5.41, 5.74) is 0.532. The van der Waals surface area contributed by atoms with Gasteiger partial charge in [-0.2, -0.15) is 0 Å². The summed E-state index contributed by atoms with van der Waals surface area (Å²) in [6.45, 7) is 3.79. The molecular weight excluding hydrogens is 328 g/mol. The van der Waals surface area contributed by atoms with Crippen molar-refractivity contribution in [2.24, 2.45) is 0 Å². The van der Waals surface area contributed by atoms with Gasteiger partial charge >= 0.3 is 0 Å². The maximum absolute atomic E-state index is 11.7. The number of hydrogen-bond acceptors (Lipinski definition) is 7. The summed E-state index contributed by atoms with van der Waals surface area (Å²) in [4.78, 5) is 25.3. The lowest BCUT2D eigenvalue weighted by molar-refractivity contribution is -0.117.